The van der Waals surface area contributed by atoms with Crippen molar-refractivity contribution in [3.63, 3.8) is 0 Å². The van der Waals surface area contributed by atoms with E-state index in [2.05, 4.69) is 16.0 Å². The summed E-state index contributed by atoms with van der Waals surface area (Å²) in [5.74, 6) is 0. The molecule has 0 fully saturated rings. The van der Waals surface area contributed by atoms with Gasteiger partial charge in [-0.2, -0.15) is 0 Å². The lowest BCUT2D eigenvalue weighted by Gasteiger charge is -2.12. The van der Waals surface area contributed by atoms with Crippen molar-refractivity contribution in [3.8, 4) is 0 Å². The molecule has 4 heteroatoms. The summed E-state index contributed by atoms with van der Waals surface area (Å²) in [6.45, 7) is 1.48. The van der Waals surface area contributed by atoms with Crippen LogP contribution in [-0.4, -0.2) is 27.6 Å². The number of fused-ring (bicyclic) bond motifs is 1. The van der Waals surface area contributed by atoms with Gasteiger partial charge in [-0.3, -0.25) is 4.40 Å². The summed E-state index contributed by atoms with van der Waals surface area (Å²) in [6, 6.07) is 2.01. The highest BCUT2D eigenvalue weighted by Crippen LogP contribution is 2.19. The summed E-state index contributed by atoms with van der Waals surface area (Å²) in [7, 11) is 0. The number of ether oxygens (including phenoxy) is 1. The molecule has 0 spiro atoms. The summed E-state index contributed by atoms with van der Waals surface area (Å²) in [6.07, 6.45) is 8.49. The minimum absolute atomic E-state index is 0.691. The molecule has 4 nitrogen and oxygen atoms in total. The summed E-state index contributed by atoms with van der Waals surface area (Å²) >= 11 is 0. The van der Waals surface area contributed by atoms with Gasteiger partial charge in [0.1, 0.15) is 12.0 Å². The van der Waals surface area contributed by atoms with Crippen LogP contribution in [0.4, 0.5) is 0 Å². The maximum atomic E-state index is 5.27. The first-order chi connectivity index (χ1) is 7.43. The molecule has 0 aromatic carbocycles. The molecule has 2 aromatic heterocycles. The van der Waals surface area contributed by atoms with E-state index in [1.165, 1.54) is 5.57 Å². The van der Waals surface area contributed by atoms with Crippen molar-refractivity contribution in [1.82, 2.24) is 14.4 Å². The van der Waals surface area contributed by atoms with E-state index in [0.29, 0.717) is 6.61 Å². The molecule has 0 unspecified atom stereocenters. The molecule has 0 radical (unpaired) electrons. The molecular formula is C11H11N3O. The Morgan fingerprint density at radius 1 is 1.33 bits per heavy atom. The van der Waals surface area contributed by atoms with E-state index in [1.807, 2.05) is 16.7 Å². The molecule has 1 aliphatic heterocycles. The van der Waals surface area contributed by atoms with Gasteiger partial charge in [0.2, 0.25) is 0 Å². The molecule has 0 saturated carbocycles. The number of nitrogens with zero attached hydrogens (tertiary/aromatic N) is 3. The van der Waals surface area contributed by atoms with Gasteiger partial charge in [0, 0.05) is 18.5 Å². The smallest absolute Gasteiger partial charge is 0.140 e. The molecule has 0 bridgehead atoms. The van der Waals surface area contributed by atoms with Crippen LogP contribution in [0.1, 0.15) is 12.1 Å². The van der Waals surface area contributed by atoms with Crippen LogP contribution < -0.4 is 0 Å². The maximum absolute atomic E-state index is 5.27. The van der Waals surface area contributed by atoms with Gasteiger partial charge in [-0.25, -0.2) is 9.97 Å². The van der Waals surface area contributed by atoms with Crippen molar-refractivity contribution in [2.75, 3.05) is 13.2 Å². The van der Waals surface area contributed by atoms with E-state index in [9.17, 15) is 0 Å². The molecule has 76 valence electrons. The number of imidazole rings is 1. The number of aromatic nitrogens is 3. The van der Waals surface area contributed by atoms with Crippen molar-refractivity contribution in [1.29, 1.82) is 0 Å². The van der Waals surface area contributed by atoms with Crippen molar-refractivity contribution in [2.24, 2.45) is 0 Å². The van der Waals surface area contributed by atoms with Gasteiger partial charge in [-0.1, -0.05) is 6.08 Å². The molecule has 0 amide bonds. The number of hydrogen-bond acceptors (Lipinski definition) is 3. The first-order valence-corrected chi connectivity index (χ1v) is 4.99. The first kappa shape index (κ1) is 8.61. The second kappa shape index (κ2) is 3.47. The Balaban J connectivity index is 2.06. The predicted octanol–water partition coefficient (Wildman–Crippen LogP) is 1.53. The fraction of sp³-hybridized carbons (Fsp3) is 0.273. The van der Waals surface area contributed by atoms with Gasteiger partial charge in [-0.05, 0) is 12.0 Å². The third-order valence-electron chi connectivity index (χ3n) is 2.58. The fourth-order valence-electron chi connectivity index (χ4n) is 1.75. The Hall–Kier alpha value is -1.68. The van der Waals surface area contributed by atoms with Crippen LogP contribution in [0.3, 0.4) is 0 Å². The third-order valence-corrected chi connectivity index (χ3v) is 2.58. The minimum atomic E-state index is 0.691. The summed E-state index contributed by atoms with van der Waals surface area (Å²) in [4.78, 5) is 8.64. The van der Waals surface area contributed by atoms with Crippen LogP contribution in [0.5, 0.6) is 0 Å². The van der Waals surface area contributed by atoms with Gasteiger partial charge in [0.05, 0.1) is 18.9 Å². The third kappa shape index (κ3) is 1.53. The Morgan fingerprint density at radius 3 is 3.20 bits per heavy atom. The van der Waals surface area contributed by atoms with Gasteiger partial charge in [0.15, 0.2) is 0 Å². The van der Waals surface area contributed by atoms with Crippen LogP contribution in [-0.2, 0) is 4.74 Å². The number of hydrogen-bond donors (Lipinski definition) is 0. The van der Waals surface area contributed by atoms with E-state index in [-0.39, 0.29) is 0 Å². The van der Waals surface area contributed by atoms with E-state index >= 15 is 0 Å². The summed E-state index contributed by atoms with van der Waals surface area (Å²) in [5, 5.41) is 0. The first-order valence-electron chi connectivity index (χ1n) is 4.99. The van der Waals surface area contributed by atoms with Gasteiger partial charge in [-0.15, -0.1) is 0 Å². The van der Waals surface area contributed by atoms with Gasteiger partial charge >= 0.3 is 0 Å². The standard InChI is InChI=1S/C11H11N3O/c1-5-15-6-2-9(1)10-7-11-12-3-4-14(11)8-13-10/h1,3-4,7-8H,2,5-6H2. The Kier molecular flexibility index (Phi) is 1.99. The van der Waals surface area contributed by atoms with Crippen LogP contribution >= 0.6 is 0 Å². The monoisotopic (exact) mass is 201 g/mol. The highest BCUT2D eigenvalue weighted by atomic mass is 16.5. The molecule has 0 atom stereocenters. The molecule has 2 aromatic rings. The topological polar surface area (TPSA) is 39.4 Å². The largest absolute Gasteiger partial charge is 0.377 e. The Morgan fingerprint density at radius 2 is 2.33 bits per heavy atom. The quantitative estimate of drug-likeness (QED) is 0.702. The van der Waals surface area contributed by atoms with Gasteiger partial charge < -0.3 is 4.74 Å². The second-order valence-electron chi connectivity index (χ2n) is 3.52. The van der Waals surface area contributed by atoms with Crippen LogP contribution in [0.25, 0.3) is 11.2 Å². The lowest BCUT2D eigenvalue weighted by atomic mass is 10.1. The fourth-order valence-corrected chi connectivity index (χ4v) is 1.75. The van der Waals surface area contributed by atoms with Crippen molar-refractivity contribution >= 4 is 11.2 Å². The van der Waals surface area contributed by atoms with Gasteiger partial charge in [0.25, 0.3) is 0 Å². The molecule has 15 heavy (non-hydrogen) atoms. The lowest BCUT2D eigenvalue weighted by Crippen LogP contribution is -2.05. The van der Waals surface area contributed by atoms with Crippen LogP contribution in [0.2, 0.25) is 0 Å². The predicted molar refractivity (Wildman–Crippen MR) is 56.4 cm³/mol. The highest BCUT2D eigenvalue weighted by Gasteiger charge is 2.08. The average molecular weight is 201 g/mol. The number of rotatable bonds is 1. The highest BCUT2D eigenvalue weighted by molar-refractivity contribution is 5.65. The molecule has 0 N–H and O–H groups in total. The van der Waals surface area contributed by atoms with E-state index in [1.54, 1.807) is 12.5 Å². The van der Waals surface area contributed by atoms with E-state index in [4.69, 9.17) is 4.74 Å². The normalized spacial score (nSPS) is 16.7. The van der Waals surface area contributed by atoms with Crippen LogP contribution in [0.15, 0.2) is 30.9 Å². The lowest BCUT2D eigenvalue weighted by molar-refractivity contribution is 0.161. The van der Waals surface area contributed by atoms with Crippen molar-refractivity contribution < 1.29 is 4.74 Å². The second-order valence-corrected chi connectivity index (χ2v) is 3.52. The maximum Gasteiger partial charge on any atom is 0.140 e. The zero-order valence-electron chi connectivity index (χ0n) is 8.26. The van der Waals surface area contributed by atoms with Crippen LogP contribution in [0, 0.1) is 0 Å². The molecule has 1 aliphatic rings. The van der Waals surface area contributed by atoms with Crippen molar-refractivity contribution in [3.05, 3.63) is 36.6 Å². The van der Waals surface area contributed by atoms with E-state index < -0.39 is 0 Å². The molecule has 3 rings (SSSR count). The summed E-state index contributed by atoms with van der Waals surface area (Å²) < 4.78 is 7.17. The molecular weight excluding hydrogens is 190 g/mol. The molecule has 3 heterocycles. The van der Waals surface area contributed by atoms with E-state index in [0.717, 1.165) is 24.4 Å². The molecule has 0 aliphatic carbocycles. The zero-order valence-corrected chi connectivity index (χ0v) is 8.26. The SMILES string of the molecule is C1=C(c2cc3nccn3cn2)CCOC1. The Labute approximate surface area is 87.2 Å². The average Bonchev–Trinajstić information content (AvgIpc) is 2.77. The zero-order chi connectivity index (χ0) is 10.1. The summed E-state index contributed by atoms with van der Waals surface area (Å²) in [5.41, 5.74) is 3.20. The van der Waals surface area contributed by atoms with Crippen molar-refractivity contribution in [2.45, 2.75) is 6.42 Å². The minimum Gasteiger partial charge on any atom is -0.377 e. The molecule has 0 saturated heterocycles. The Bertz CT molecular complexity index is 515.